The lowest BCUT2D eigenvalue weighted by molar-refractivity contribution is 0.966. The van der Waals surface area contributed by atoms with Crippen molar-refractivity contribution >= 4 is 5.82 Å². The highest BCUT2D eigenvalue weighted by atomic mass is 16.1. The van der Waals surface area contributed by atoms with Gasteiger partial charge in [0, 0.05) is 12.3 Å². The average Bonchev–Trinajstić information content (AvgIpc) is 2.27. The van der Waals surface area contributed by atoms with E-state index in [1.807, 2.05) is 0 Å². The van der Waals surface area contributed by atoms with Gasteiger partial charge in [-0.15, -0.1) is 0 Å². The van der Waals surface area contributed by atoms with Crippen LogP contribution in [0.2, 0.25) is 0 Å². The molecule has 0 unspecified atom stereocenters. The first-order valence-corrected chi connectivity index (χ1v) is 4.81. The van der Waals surface area contributed by atoms with Crippen molar-refractivity contribution in [2.75, 3.05) is 5.32 Å². The lowest BCUT2D eigenvalue weighted by Crippen LogP contribution is -2.12. The van der Waals surface area contributed by atoms with Crippen LogP contribution >= 0.6 is 0 Å². The van der Waals surface area contributed by atoms with E-state index in [4.69, 9.17) is 0 Å². The molecule has 2 aromatic rings. The Morgan fingerprint density at radius 1 is 1.50 bits per heavy atom. The molecule has 6 nitrogen and oxygen atoms in total. The molecule has 2 rings (SSSR count). The topological polar surface area (TPSA) is 83.6 Å². The number of hydrogen-bond donors (Lipinski definition) is 2. The summed E-state index contributed by atoms with van der Waals surface area (Å²) in [7, 11) is 0. The maximum atomic E-state index is 11.2. The van der Waals surface area contributed by atoms with E-state index >= 15 is 0 Å². The van der Waals surface area contributed by atoms with Gasteiger partial charge in [-0.3, -0.25) is 4.79 Å². The van der Waals surface area contributed by atoms with E-state index in [9.17, 15) is 4.79 Å². The Balaban J connectivity index is 2.08. The number of anilines is 1. The molecule has 0 aliphatic carbocycles. The van der Waals surface area contributed by atoms with Crippen LogP contribution in [-0.2, 0) is 6.54 Å². The van der Waals surface area contributed by atoms with Gasteiger partial charge in [0.2, 0.25) is 0 Å². The van der Waals surface area contributed by atoms with Gasteiger partial charge in [0.1, 0.15) is 18.0 Å². The molecule has 16 heavy (non-hydrogen) atoms. The van der Waals surface area contributed by atoms with Crippen molar-refractivity contribution in [1.29, 1.82) is 0 Å². The number of aromatic nitrogens is 4. The maximum absolute atomic E-state index is 11.2. The number of hydrogen-bond acceptors (Lipinski definition) is 5. The molecule has 6 heteroatoms. The van der Waals surface area contributed by atoms with Gasteiger partial charge in [0.25, 0.3) is 5.56 Å². The molecule has 0 radical (unpaired) electrons. The summed E-state index contributed by atoms with van der Waals surface area (Å²) in [6.45, 7) is 2.25. The van der Waals surface area contributed by atoms with Gasteiger partial charge in [-0.25, -0.2) is 15.0 Å². The van der Waals surface area contributed by atoms with Gasteiger partial charge in [-0.2, -0.15) is 0 Å². The average molecular weight is 217 g/mol. The summed E-state index contributed by atoms with van der Waals surface area (Å²) in [4.78, 5) is 25.7. The second-order valence-electron chi connectivity index (χ2n) is 3.27. The first kappa shape index (κ1) is 10.3. The Kier molecular flexibility index (Phi) is 2.90. The third-order valence-electron chi connectivity index (χ3n) is 1.95. The van der Waals surface area contributed by atoms with Crippen molar-refractivity contribution in [2.45, 2.75) is 13.5 Å². The molecule has 0 spiro atoms. The van der Waals surface area contributed by atoms with Crippen LogP contribution in [0.5, 0.6) is 0 Å². The molecule has 2 N–H and O–H groups in total. The third kappa shape index (κ3) is 2.63. The van der Waals surface area contributed by atoms with E-state index in [0.717, 1.165) is 5.69 Å². The first-order chi connectivity index (χ1) is 7.74. The highest BCUT2D eigenvalue weighted by Crippen LogP contribution is 2.00. The third-order valence-corrected chi connectivity index (χ3v) is 1.95. The SMILES string of the molecule is Cc1nc(NCc2ccncn2)cc(=O)[nH]1. The number of nitrogens with zero attached hydrogens (tertiary/aromatic N) is 3. The van der Waals surface area contributed by atoms with Crippen LogP contribution in [0.3, 0.4) is 0 Å². The summed E-state index contributed by atoms with van der Waals surface area (Å²) < 4.78 is 0. The van der Waals surface area contributed by atoms with Crippen molar-refractivity contribution in [3.63, 3.8) is 0 Å². The summed E-state index contributed by atoms with van der Waals surface area (Å²) in [5.74, 6) is 1.12. The standard InChI is InChI=1S/C10H11N5O/c1-7-14-9(4-10(16)15-7)12-5-8-2-3-11-6-13-8/h2-4,6H,5H2,1H3,(H2,12,14,15,16). The molecule has 0 bridgehead atoms. The fourth-order valence-electron chi connectivity index (χ4n) is 1.27. The summed E-state index contributed by atoms with van der Waals surface area (Å²) in [5.41, 5.74) is 0.674. The normalized spacial score (nSPS) is 10.1. The lowest BCUT2D eigenvalue weighted by atomic mass is 10.4. The van der Waals surface area contributed by atoms with Crippen LogP contribution < -0.4 is 10.9 Å². The number of aryl methyl sites for hydroxylation is 1. The van der Waals surface area contributed by atoms with E-state index in [1.54, 1.807) is 19.2 Å². The van der Waals surface area contributed by atoms with Gasteiger partial charge in [-0.1, -0.05) is 0 Å². The molecule has 2 aromatic heterocycles. The van der Waals surface area contributed by atoms with Gasteiger partial charge < -0.3 is 10.3 Å². The molecule has 0 saturated carbocycles. The van der Waals surface area contributed by atoms with Crippen molar-refractivity contribution in [1.82, 2.24) is 19.9 Å². The summed E-state index contributed by atoms with van der Waals surface area (Å²) in [5, 5.41) is 3.02. The zero-order valence-corrected chi connectivity index (χ0v) is 8.77. The fraction of sp³-hybridized carbons (Fsp3) is 0.200. The maximum Gasteiger partial charge on any atom is 0.252 e. The first-order valence-electron chi connectivity index (χ1n) is 4.81. The number of nitrogens with one attached hydrogen (secondary N) is 2. The van der Waals surface area contributed by atoms with E-state index in [2.05, 4.69) is 25.3 Å². The monoisotopic (exact) mass is 217 g/mol. The molecule has 0 atom stereocenters. The lowest BCUT2D eigenvalue weighted by Gasteiger charge is -2.04. The molecule has 0 aliphatic rings. The fourth-order valence-corrected chi connectivity index (χ4v) is 1.27. The second-order valence-corrected chi connectivity index (χ2v) is 3.27. The molecule has 0 aromatic carbocycles. The van der Waals surface area contributed by atoms with Crippen molar-refractivity contribution in [3.8, 4) is 0 Å². The zero-order valence-electron chi connectivity index (χ0n) is 8.77. The van der Waals surface area contributed by atoms with E-state index < -0.39 is 0 Å². The molecule has 0 aliphatic heterocycles. The molecule has 0 saturated heterocycles. The minimum absolute atomic E-state index is 0.169. The highest BCUT2D eigenvalue weighted by Gasteiger charge is 1.98. The van der Waals surface area contributed by atoms with Crippen LogP contribution in [0, 0.1) is 6.92 Å². The van der Waals surface area contributed by atoms with E-state index in [-0.39, 0.29) is 5.56 Å². The Labute approximate surface area is 91.8 Å². The van der Waals surface area contributed by atoms with Gasteiger partial charge in [-0.05, 0) is 13.0 Å². The Bertz CT molecular complexity index is 522. The molecular formula is C10H11N5O. The molecule has 0 amide bonds. The van der Waals surface area contributed by atoms with E-state index in [1.165, 1.54) is 12.4 Å². The van der Waals surface area contributed by atoms with E-state index in [0.29, 0.717) is 18.2 Å². The molecular weight excluding hydrogens is 206 g/mol. The van der Waals surface area contributed by atoms with Crippen LogP contribution in [0.15, 0.2) is 29.5 Å². The number of aromatic amines is 1. The van der Waals surface area contributed by atoms with Crippen LogP contribution in [0.25, 0.3) is 0 Å². The Morgan fingerprint density at radius 3 is 3.06 bits per heavy atom. The summed E-state index contributed by atoms with van der Waals surface area (Å²) in [6, 6.07) is 3.21. The summed E-state index contributed by atoms with van der Waals surface area (Å²) in [6.07, 6.45) is 3.15. The zero-order chi connectivity index (χ0) is 11.4. The number of H-pyrrole nitrogens is 1. The van der Waals surface area contributed by atoms with Crippen LogP contribution in [0.4, 0.5) is 5.82 Å². The summed E-state index contributed by atoms with van der Waals surface area (Å²) >= 11 is 0. The largest absolute Gasteiger partial charge is 0.364 e. The highest BCUT2D eigenvalue weighted by molar-refractivity contribution is 5.33. The van der Waals surface area contributed by atoms with Crippen molar-refractivity contribution in [3.05, 3.63) is 46.5 Å². The van der Waals surface area contributed by atoms with Gasteiger partial charge in [0.15, 0.2) is 0 Å². The van der Waals surface area contributed by atoms with Crippen LogP contribution in [-0.4, -0.2) is 19.9 Å². The van der Waals surface area contributed by atoms with Crippen molar-refractivity contribution in [2.24, 2.45) is 0 Å². The molecule has 0 fully saturated rings. The minimum Gasteiger partial charge on any atom is -0.364 e. The van der Waals surface area contributed by atoms with Crippen LogP contribution in [0.1, 0.15) is 11.5 Å². The molecule has 2 heterocycles. The number of rotatable bonds is 3. The van der Waals surface area contributed by atoms with Gasteiger partial charge in [0.05, 0.1) is 12.2 Å². The van der Waals surface area contributed by atoms with Gasteiger partial charge >= 0.3 is 0 Å². The predicted octanol–water partition coefficient (Wildman–Crippen LogP) is 0.480. The minimum atomic E-state index is -0.169. The predicted molar refractivity (Wildman–Crippen MR) is 59.0 cm³/mol. The second kappa shape index (κ2) is 4.52. The Morgan fingerprint density at radius 2 is 2.38 bits per heavy atom. The smallest absolute Gasteiger partial charge is 0.252 e. The quantitative estimate of drug-likeness (QED) is 0.781. The van der Waals surface area contributed by atoms with Crippen molar-refractivity contribution < 1.29 is 0 Å². The Hall–Kier alpha value is -2.24. The molecule has 82 valence electrons.